The van der Waals surface area contributed by atoms with Crippen molar-refractivity contribution in [1.82, 2.24) is 20.6 Å². The molecule has 106 valence electrons. The van der Waals surface area contributed by atoms with E-state index in [0.29, 0.717) is 16.7 Å². The molecule has 0 aliphatic carbocycles. The number of H-pyrrole nitrogens is 1. The number of hydrogen-bond acceptors (Lipinski definition) is 6. The second-order valence-electron chi connectivity index (χ2n) is 4.50. The first-order valence-electron chi connectivity index (χ1n) is 6.16. The molecule has 8 heteroatoms. The molecule has 2 aromatic heterocycles. The van der Waals surface area contributed by atoms with Crippen molar-refractivity contribution in [2.75, 3.05) is 5.32 Å². The first-order valence-corrected chi connectivity index (χ1v) is 6.16. The minimum atomic E-state index is -0.467. The molecule has 0 saturated heterocycles. The molecule has 0 aliphatic heterocycles. The van der Waals surface area contributed by atoms with Crippen LogP contribution in [-0.4, -0.2) is 26.5 Å². The molecule has 0 bridgehead atoms. The molecule has 0 spiro atoms. The van der Waals surface area contributed by atoms with E-state index >= 15 is 0 Å². The van der Waals surface area contributed by atoms with Crippen molar-refractivity contribution in [2.45, 2.75) is 13.8 Å². The lowest BCUT2D eigenvalue weighted by molar-refractivity contribution is 0.102. The third-order valence-corrected chi connectivity index (χ3v) is 3.21. The van der Waals surface area contributed by atoms with Crippen LogP contribution in [0.2, 0.25) is 0 Å². The summed E-state index contributed by atoms with van der Waals surface area (Å²) in [5.41, 5.74) is 0.865. The summed E-state index contributed by atoms with van der Waals surface area (Å²) in [6.07, 6.45) is 0. The summed E-state index contributed by atoms with van der Waals surface area (Å²) in [7, 11) is 0. The molecule has 0 radical (unpaired) electrons. The Kier molecular flexibility index (Phi) is 2.98. The van der Waals surface area contributed by atoms with Crippen LogP contribution in [0.5, 0.6) is 0 Å². The van der Waals surface area contributed by atoms with E-state index in [1.807, 2.05) is 0 Å². The van der Waals surface area contributed by atoms with Crippen LogP contribution in [0.25, 0.3) is 11.0 Å². The third-order valence-electron chi connectivity index (χ3n) is 3.21. The fourth-order valence-corrected chi connectivity index (χ4v) is 1.98. The molecule has 1 aromatic carbocycles. The predicted octanol–water partition coefficient (Wildman–Crippen LogP) is 1.18. The van der Waals surface area contributed by atoms with Crippen LogP contribution in [0.3, 0.4) is 0 Å². The second kappa shape index (κ2) is 4.82. The minimum absolute atomic E-state index is 0.114. The number of carbonyl (C=O) groups is 1. The number of benzene rings is 1. The van der Waals surface area contributed by atoms with Gasteiger partial charge in [0.05, 0.1) is 10.9 Å². The topological polar surface area (TPSA) is 114 Å². The number of nitrogens with zero attached hydrogens (tertiary/aromatic N) is 3. The van der Waals surface area contributed by atoms with Crippen molar-refractivity contribution in [3.63, 3.8) is 0 Å². The fourth-order valence-electron chi connectivity index (χ4n) is 1.98. The molecule has 21 heavy (non-hydrogen) atoms. The summed E-state index contributed by atoms with van der Waals surface area (Å²) >= 11 is 0. The van der Waals surface area contributed by atoms with Gasteiger partial charge in [0.2, 0.25) is 5.95 Å². The Morgan fingerprint density at radius 3 is 2.86 bits per heavy atom. The van der Waals surface area contributed by atoms with Crippen molar-refractivity contribution in [3.05, 3.63) is 45.3 Å². The summed E-state index contributed by atoms with van der Waals surface area (Å²) in [6.45, 7) is 3.37. The molecule has 3 rings (SSSR count). The molecule has 3 aromatic rings. The number of aromatic amines is 1. The van der Waals surface area contributed by atoms with Crippen LogP contribution in [0, 0.1) is 13.8 Å². The van der Waals surface area contributed by atoms with E-state index in [1.165, 1.54) is 0 Å². The zero-order valence-electron chi connectivity index (χ0n) is 11.3. The largest absolute Gasteiger partial charge is 0.460 e. The van der Waals surface area contributed by atoms with Crippen molar-refractivity contribution < 1.29 is 9.21 Å². The summed E-state index contributed by atoms with van der Waals surface area (Å²) in [4.78, 5) is 24.5. The number of rotatable bonds is 2. The number of tetrazole rings is 1. The van der Waals surface area contributed by atoms with E-state index in [-0.39, 0.29) is 22.5 Å². The van der Waals surface area contributed by atoms with Crippen molar-refractivity contribution in [2.24, 2.45) is 0 Å². The summed E-state index contributed by atoms with van der Waals surface area (Å²) in [5, 5.41) is 15.6. The van der Waals surface area contributed by atoms with Crippen molar-refractivity contribution in [3.8, 4) is 0 Å². The maximum absolute atomic E-state index is 12.2. The number of aromatic nitrogens is 4. The minimum Gasteiger partial charge on any atom is -0.460 e. The standard InChI is InChI=1S/C13H11N5O3/c1-6-7(2)21-11-8(10(6)19)4-3-5-9(11)12(20)14-13-15-17-18-16-13/h3-5H,1-2H3,(H2,14,15,16,17,18,20). The van der Waals surface area contributed by atoms with Gasteiger partial charge >= 0.3 is 0 Å². The molecular formula is C13H11N5O3. The molecule has 0 atom stereocenters. The van der Waals surface area contributed by atoms with Gasteiger partial charge in [-0.05, 0) is 36.4 Å². The highest BCUT2D eigenvalue weighted by molar-refractivity contribution is 6.10. The van der Waals surface area contributed by atoms with Gasteiger partial charge in [-0.15, -0.1) is 0 Å². The summed E-state index contributed by atoms with van der Waals surface area (Å²) < 4.78 is 5.62. The zero-order valence-corrected chi connectivity index (χ0v) is 11.3. The van der Waals surface area contributed by atoms with Gasteiger partial charge in [-0.2, -0.15) is 0 Å². The lowest BCUT2D eigenvalue weighted by atomic mass is 10.1. The van der Waals surface area contributed by atoms with Gasteiger partial charge in [0.1, 0.15) is 5.76 Å². The van der Waals surface area contributed by atoms with Gasteiger partial charge < -0.3 is 4.42 Å². The van der Waals surface area contributed by atoms with Crippen molar-refractivity contribution >= 4 is 22.8 Å². The maximum atomic E-state index is 12.2. The molecule has 0 aliphatic rings. The maximum Gasteiger partial charge on any atom is 0.261 e. The second-order valence-corrected chi connectivity index (χ2v) is 4.50. The lowest BCUT2D eigenvalue weighted by Crippen LogP contribution is -2.15. The van der Waals surface area contributed by atoms with Gasteiger partial charge in [0, 0.05) is 5.56 Å². The fraction of sp³-hybridized carbons (Fsp3) is 0.154. The van der Waals surface area contributed by atoms with Crippen molar-refractivity contribution in [1.29, 1.82) is 0 Å². The first-order chi connectivity index (χ1) is 10.1. The number of para-hydroxylation sites is 1. The van der Waals surface area contributed by atoms with E-state index in [0.717, 1.165) is 0 Å². The summed E-state index contributed by atoms with van der Waals surface area (Å²) in [6, 6.07) is 4.82. The summed E-state index contributed by atoms with van der Waals surface area (Å²) in [5.74, 6) is 0.128. The molecule has 0 unspecified atom stereocenters. The number of anilines is 1. The first kappa shape index (κ1) is 13.0. The molecule has 1 amide bonds. The highest BCUT2D eigenvalue weighted by Crippen LogP contribution is 2.20. The number of carbonyl (C=O) groups excluding carboxylic acids is 1. The van der Waals surface area contributed by atoms with E-state index in [9.17, 15) is 9.59 Å². The average Bonchev–Trinajstić information content (AvgIpc) is 2.97. The van der Waals surface area contributed by atoms with Gasteiger partial charge in [-0.1, -0.05) is 11.2 Å². The lowest BCUT2D eigenvalue weighted by Gasteiger charge is -2.07. The van der Waals surface area contributed by atoms with Gasteiger partial charge in [0.25, 0.3) is 5.91 Å². The van der Waals surface area contributed by atoms with Crippen LogP contribution in [0.15, 0.2) is 27.4 Å². The molecule has 2 N–H and O–H groups in total. The monoisotopic (exact) mass is 285 g/mol. The Hall–Kier alpha value is -3.03. The Morgan fingerprint density at radius 2 is 2.14 bits per heavy atom. The Balaban J connectivity index is 2.15. The Morgan fingerprint density at radius 1 is 1.33 bits per heavy atom. The molecule has 0 saturated carbocycles. The molecule has 8 nitrogen and oxygen atoms in total. The highest BCUT2D eigenvalue weighted by Gasteiger charge is 2.16. The van der Waals surface area contributed by atoms with E-state index in [2.05, 4.69) is 25.9 Å². The number of nitrogens with one attached hydrogen (secondary N) is 2. The zero-order chi connectivity index (χ0) is 15.0. The normalized spacial score (nSPS) is 10.8. The third kappa shape index (κ3) is 2.16. The van der Waals surface area contributed by atoms with E-state index in [1.54, 1.807) is 32.0 Å². The van der Waals surface area contributed by atoms with Gasteiger partial charge in [-0.3, -0.25) is 14.9 Å². The average molecular weight is 285 g/mol. The highest BCUT2D eigenvalue weighted by atomic mass is 16.3. The van der Waals surface area contributed by atoms with Gasteiger partial charge in [-0.25, -0.2) is 5.10 Å². The smallest absolute Gasteiger partial charge is 0.261 e. The Labute approximate surface area is 118 Å². The number of aryl methyl sites for hydroxylation is 1. The predicted molar refractivity (Wildman–Crippen MR) is 74.1 cm³/mol. The molecule has 2 heterocycles. The number of amides is 1. The molecule has 0 fully saturated rings. The molecular weight excluding hydrogens is 274 g/mol. The van der Waals surface area contributed by atoms with Crippen LogP contribution >= 0.6 is 0 Å². The van der Waals surface area contributed by atoms with E-state index in [4.69, 9.17) is 4.42 Å². The van der Waals surface area contributed by atoms with Crippen LogP contribution in [0.4, 0.5) is 5.95 Å². The van der Waals surface area contributed by atoms with E-state index < -0.39 is 5.91 Å². The Bertz CT molecular complexity index is 883. The quantitative estimate of drug-likeness (QED) is 0.730. The number of fused-ring (bicyclic) bond motifs is 1. The van der Waals surface area contributed by atoms with Gasteiger partial charge in [0.15, 0.2) is 11.0 Å². The van der Waals surface area contributed by atoms with Crippen LogP contribution in [0.1, 0.15) is 21.7 Å². The van der Waals surface area contributed by atoms with Crippen LogP contribution < -0.4 is 10.7 Å². The SMILES string of the molecule is Cc1oc2c(C(=O)Nc3nnn[nH]3)cccc2c(=O)c1C. The van der Waals surface area contributed by atoms with Crippen LogP contribution in [-0.2, 0) is 0 Å². The number of hydrogen-bond donors (Lipinski definition) is 2.